The Morgan fingerprint density at radius 1 is 1.56 bits per heavy atom. The van der Waals surface area contributed by atoms with Crippen LogP contribution in [0.25, 0.3) is 0 Å². The van der Waals surface area contributed by atoms with E-state index in [9.17, 15) is 0 Å². The Balaban J connectivity index is 1.80. The Morgan fingerprint density at radius 2 is 2.50 bits per heavy atom. The summed E-state index contributed by atoms with van der Waals surface area (Å²) in [4.78, 5) is 5.37. The van der Waals surface area contributed by atoms with Gasteiger partial charge in [0, 0.05) is 23.9 Å². The molecule has 0 saturated heterocycles. The molecule has 86 valence electrons. The Hall–Kier alpha value is -1.20. The molecular weight excluding hydrogens is 222 g/mol. The molecule has 0 aliphatic heterocycles. The molecule has 0 aliphatic carbocycles. The molecule has 0 saturated carbocycles. The van der Waals surface area contributed by atoms with Crippen LogP contribution in [0.3, 0.4) is 0 Å². The van der Waals surface area contributed by atoms with E-state index in [-0.39, 0.29) is 0 Å². The zero-order chi connectivity index (χ0) is 11.2. The topological polar surface area (TPSA) is 51.0 Å². The number of hydrogen-bond acceptors (Lipinski definition) is 5. The van der Waals surface area contributed by atoms with Crippen molar-refractivity contribution < 1.29 is 4.52 Å². The van der Waals surface area contributed by atoms with Crippen LogP contribution in [-0.4, -0.2) is 16.7 Å². The highest BCUT2D eigenvalue weighted by Crippen LogP contribution is 2.21. The van der Waals surface area contributed by atoms with E-state index in [4.69, 9.17) is 0 Å². The second kappa shape index (κ2) is 5.77. The third kappa shape index (κ3) is 2.90. The van der Waals surface area contributed by atoms with Crippen LogP contribution in [0, 0.1) is 0 Å². The Morgan fingerprint density at radius 3 is 3.12 bits per heavy atom. The smallest absolute Gasteiger partial charge is 0.213 e. The standard InChI is InChI=1S/C11H15N3OS/c1-2-9(10-4-3-7-16-10)12-6-5-11-13-8-15-14-11/h3-4,7-9,12H,2,5-6H2,1H3. The van der Waals surface area contributed by atoms with Crippen molar-refractivity contribution in [1.29, 1.82) is 0 Å². The molecular formula is C11H15N3OS. The van der Waals surface area contributed by atoms with E-state index in [2.05, 4.69) is 44.4 Å². The fourth-order valence-corrected chi connectivity index (χ4v) is 2.48. The van der Waals surface area contributed by atoms with Crippen LogP contribution in [0.2, 0.25) is 0 Å². The van der Waals surface area contributed by atoms with Crippen LogP contribution in [0.5, 0.6) is 0 Å². The van der Waals surface area contributed by atoms with E-state index < -0.39 is 0 Å². The molecule has 2 aromatic heterocycles. The van der Waals surface area contributed by atoms with Crippen LogP contribution < -0.4 is 5.32 Å². The van der Waals surface area contributed by atoms with Crippen molar-refractivity contribution in [2.75, 3.05) is 6.54 Å². The quantitative estimate of drug-likeness (QED) is 0.838. The van der Waals surface area contributed by atoms with Gasteiger partial charge in [0.25, 0.3) is 0 Å². The lowest BCUT2D eigenvalue weighted by Crippen LogP contribution is -2.22. The van der Waals surface area contributed by atoms with Gasteiger partial charge in [-0.05, 0) is 17.9 Å². The van der Waals surface area contributed by atoms with E-state index in [1.165, 1.54) is 11.3 Å². The van der Waals surface area contributed by atoms with Crippen LogP contribution in [0.1, 0.15) is 30.1 Å². The summed E-state index contributed by atoms with van der Waals surface area (Å²) in [7, 11) is 0. The fourth-order valence-electron chi connectivity index (χ4n) is 1.60. The average molecular weight is 237 g/mol. The third-order valence-electron chi connectivity index (χ3n) is 2.44. The zero-order valence-corrected chi connectivity index (χ0v) is 10.0. The summed E-state index contributed by atoms with van der Waals surface area (Å²) < 4.78 is 4.68. The molecule has 1 unspecified atom stereocenters. The Bertz CT molecular complexity index is 385. The molecule has 2 rings (SSSR count). The van der Waals surface area contributed by atoms with E-state index in [1.807, 2.05) is 0 Å². The highest BCUT2D eigenvalue weighted by atomic mass is 32.1. The maximum absolute atomic E-state index is 4.68. The molecule has 0 amide bonds. The van der Waals surface area contributed by atoms with Gasteiger partial charge in [-0.3, -0.25) is 0 Å². The number of thiophene rings is 1. The predicted molar refractivity (Wildman–Crippen MR) is 63.4 cm³/mol. The van der Waals surface area contributed by atoms with Crippen molar-refractivity contribution in [3.8, 4) is 0 Å². The zero-order valence-electron chi connectivity index (χ0n) is 9.22. The molecule has 16 heavy (non-hydrogen) atoms. The molecule has 0 fully saturated rings. The van der Waals surface area contributed by atoms with Crippen molar-refractivity contribution in [2.24, 2.45) is 0 Å². The minimum absolute atomic E-state index is 0.437. The summed E-state index contributed by atoms with van der Waals surface area (Å²) in [5, 5.41) is 9.39. The van der Waals surface area contributed by atoms with Gasteiger partial charge in [0.2, 0.25) is 6.39 Å². The van der Waals surface area contributed by atoms with E-state index in [0.717, 1.165) is 25.2 Å². The maximum atomic E-state index is 4.68. The van der Waals surface area contributed by atoms with Gasteiger partial charge in [-0.2, -0.15) is 4.98 Å². The molecule has 2 aromatic rings. The largest absolute Gasteiger partial charge is 0.343 e. The maximum Gasteiger partial charge on any atom is 0.213 e. The van der Waals surface area contributed by atoms with Gasteiger partial charge < -0.3 is 9.84 Å². The normalized spacial score (nSPS) is 12.8. The van der Waals surface area contributed by atoms with Crippen molar-refractivity contribution in [2.45, 2.75) is 25.8 Å². The van der Waals surface area contributed by atoms with E-state index in [1.54, 1.807) is 11.3 Å². The third-order valence-corrected chi connectivity index (χ3v) is 3.43. The van der Waals surface area contributed by atoms with Crippen molar-refractivity contribution in [3.05, 3.63) is 34.6 Å². The summed E-state index contributed by atoms with van der Waals surface area (Å²) in [6.45, 7) is 3.06. The molecule has 2 heterocycles. The van der Waals surface area contributed by atoms with Crippen molar-refractivity contribution in [1.82, 2.24) is 15.5 Å². The first-order valence-corrected chi connectivity index (χ1v) is 6.30. The molecule has 1 atom stereocenters. The lowest BCUT2D eigenvalue weighted by molar-refractivity contribution is 0.408. The van der Waals surface area contributed by atoms with Gasteiger partial charge in [0.15, 0.2) is 5.82 Å². The van der Waals surface area contributed by atoms with Crippen molar-refractivity contribution in [3.63, 3.8) is 0 Å². The Kier molecular flexibility index (Phi) is 4.07. The van der Waals surface area contributed by atoms with Gasteiger partial charge in [-0.1, -0.05) is 18.1 Å². The summed E-state index contributed by atoms with van der Waals surface area (Å²) in [6.07, 6.45) is 3.26. The molecule has 0 aliphatic rings. The summed E-state index contributed by atoms with van der Waals surface area (Å²) in [5.74, 6) is 0.758. The first-order valence-electron chi connectivity index (χ1n) is 5.42. The number of nitrogens with one attached hydrogen (secondary N) is 1. The molecule has 1 N–H and O–H groups in total. The monoisotopic (exact) mass is 237 g/mol. The highest BCUT2D eigenvalue weighted by molar-refractivity contribution is 7.10. The number of aromatic nitrogens is 2. The van der Waals surface area contributed by atoms with E-state index >= 15 is 0 Å². The van der Waals surface area contributed by atoms with Gasteiger partial charge >= 0.3 is 0 Å². The number of hydrogen-bond donors (Lipinski definition) is 1. The molecule has 0 radical (unpaired) electrons. The molecule has 0 spiro atoms. The lowest BCUT2D eigenvalue weighted by Gasteiger charge is -2.14. The van der Waals surface area contributed by atoms with Crippen LogP contribution >= 0.6 is 11.3 Å². The predicted octanol–water partition coefficient (Wildman–Crippen LogP) is 2.41. The summed E-state index contributed by atoms with van der Waals surface area (Å²) in [6, 6.07) is 4.69. The van der Waals surface area contributed by atoms with E-state index in [0.29, 0.717) is 6.04 Å². The summed E-state index contributed by atoms with van der Waals surface area (Å²) in [5.41, 5.74) is 0. The average Bonchev–Trinajstić information content (AvgIpc) is 2.96. The highest BCUT2D eigenvalue weighted by Gasteiger charge is 2.09. The first kappa shape index (κ1) is 11.3. The second-order valence-electron chi connectivity index (χ2n) is 3.53. The van der Waals surface area contributed by atoms with Crippen molar-refractivity contribution >= 4 is 11.3 Å². The minimum Gasteiger partial charge on any atom is -0.343 e. The van der Waals surface area contributed by atoms with Gasteiger partial charge in [-0.25, -0.2) is 0 Å². The first-order chi connectivity index (χ1) is 7.90. The molecule has 5 heteroatoms. The lowest BCUT2D eigenvalue weighted by atomic mass is 10.2. The number of nitrogens with zero attached hydrogens (tertiary/aromatic N) is 2. The molecule has 0 aromatic carbocycles. The van der Waals surface area contributed by atoms with Gasteiger partial charge in [0.1, 0.15) is 0 Å². The second-order valence-corrected chi connectivity index (χ2v) is 4.51. The molecule has 4 nitrogen and oxygen atoms in total. The number of rotatable bonds is 6. The minimum atomic E-state index is 0.437. The SMILES string of the molecule is CCC(NCCc1ncon1)c1cccs1. The van der Waals surface area contributed by atoms with Crippen LogP contribution in [-0.2, 0) is 6.42 Å². The van der Waals surface area contributed by atoms with Crippen LogP contribution in [0.4, 0.5) is 0 Å². The van der Waals surface area contributed by atoms with Gasteiger partial charge in [0.05, 0.1) is 0 Å². The Labute approximate surface area is 98.7 Å². The summed E-state index contributed by atoms with van der Waals surface area (Å²) >= 11 is 1.79. The fraction of sp³-hybridized carbons (Fsp3) is 0.455. The molecule has 0 bridgehead atoms. The van der Waals surface area contributed by atoms with Gasteiger partial charge in [-0.15, -0.1) is 11.3 Å². The van der Waals surface area contributed by atoms with Crippen LogP contribution in [0.15, 0.2) is 28.4 Å².